The van der Waals surface area contributed by atoms with Crippen molar-refractivity contribution in [1.29, 1.82) is 0 Å². The standard InChI is InChI=1S/C12H15ClO4/c1-7(13)4-8-5-9(12(14)15)6-10(16-2)11(8)17-3/h5-7H,4H2,1-3H3,(H,14,15). The van der Waals surface area contributed by atoms with E-state index in [2.05, 4.69) is 0 Å². The average molecular weight is 259 g/mol. The van der Waals surface area contributed by atoms with E-state index in [1.54, 1.807) is 6.07 Å². The van der Waals surface area contributed by atoms with E-state index in [4.69, 9.17) is 26.2 Å². The van der Waals surface area contributed by atoms with Crippen molar-refractivity contribution in [2.75, 3.05) is 14.2 Å². The molecule has 0 aliphatic heterocycles. The second-order valence-corrected chi connectivity index (χ2v) is 4.41. The fourth-order valence-corrected chi connectivity index (χ4v) is 1.79. The van der Waals surface area contributed by atoms with Gasteiger partial charge in [-0.15, -0.1) is 11.6 Å². The lowest BCUT2D eigenvalue weighted by atomic mass is 10.0. The van der Waals surface area contributed by atoms with Gasteiger partial charge in [-0.25, -0.2) is 4.79 Å². The van der Waals surface area contributed by atoms with E-state index < -0.39 is 5.97 Å². The molecule has 4 nitrogen and oxygen atoms in total. The molecule has 0 aliphatic rings. The molecule has 0 heterocycles. The summed E-state index contributed by atoms with van der Waals surface area (Å²) in [5.41, 5.74) is 0.890. The summed E-state index contributed by atoms with van der Waals surface area (Å²) in [7, 11) is 2.98. The molecule has 1 aromatic carbocycles. The summed E-state index contributed by atoms with van der Waals surface area (Å²) in [6.45, 7) is 1.83. The van der Waals surface area contributed by atoms with Gasteiger partial charge in [0.15, 0.2) is 11.5 Å². The molecular weight excluding hydrogens is 244 g/mol. The van der Waals surface area contributed by atoms with Crippen LogP contribution in [0.1, 0.15) is 22.8 Å². The van der Waals surface area contributed by atoms with Gasteiger partial charge in [-0.2, -0.15) is 0 Å². The lowest BCUT2D eigenvalue weighted by molar-refractivity contribution is 0.0696. The summed E-state index contributed by atoms with van der Waals surface area (Å²) in [5, 5.41) is 8.88. The molecule has 1 atom stereocenters. The van der Waals surface area contributed by atoms with E-state index in [0.29, 0.717) is 17.9 Å². The molecule has 1 unspecified atom stereocenters. The van der Waals surface area contributed by atoms with E-state index >= 15 is 0 Å². The summed E-state index contributed by atoms with van der Waals surface area (Å²) in [5.74, 6) is -0.0702. The molecule has 0 aromatic heterocycles. The lowest BCUT2D eigenvalue weighted by Crippen LogP contribution is -2.05. The number of ether oxygens (including phenoxy) is 2. The number of alkyl halides is 1. The van der Waals surface area contributed by atoms with Crippen LogP contribution in [-0.4, -0.2) is 30.7 Å². The van der Waals surface area contributed by atoms with Crippen molar-refractivity contribution in [1.82, 2.24) is 0 Å². The van der Waals surface area contributed by atoms with Crippen molar-refractivity contribution in [2.45, 2.75) is 18.7 Å². The highest BCUT2D eigenvalue weighted by Crippen LogP contribution is 2.33. The van der Waals surface area contributed by atoms with Gasteiger partial charge >= 0.3 is 5.97 Å². The van der Waals surface area contributed by atoms with Gasteiger partial charge in [0.25, 0.3) is 0 Å². The molecule has 1 N–H and O–H groups in total. The van der Waals surface area contributed by atoms with Gasteiger partial charge in [0.2, 0.25) is 0 Å². The number of hydrogen-bond donors (Lipinski definition) is 1. The van der Waals surface area contributed by atoms with Gasteiger partial charge < -0.3 is 14.6 Å². The van der Waals surface area contributed by atoms with Crippen LogP contribution in [0.3, 0.4) is 0 Å². The van der Waals surface area contributed by atoms with E-state index in [0.717, 1.165) is 5.56 Å². The van der Waals surface area contributed by atoms with Gasteiger partial charge in [0.05, 0.1) is 19.8 Å². The predicted molar refractivity (Wildman–Crippen MR) is 65.5 cm³/mol. The minimum absolute atomic E-state index is 0.113. The molecule has 0 spiro atoms. The van der Waals surface area contributed by atoms with Crippen LogP contribution in [-0.2, 0) is 6.42 Å². The minimum Gasteiger partial charge on any atom is -0.493 e. The highest BCUT2D eigenvalue weighted by Gasteiger charge is 2.16. The van der Waals surface area contributed by atoms with Crippen molar-refractivity contribution >= 4 is 17.6 Å². The third-order valence-corrected chi connectivity index (χ3v) is 2.46. The zero-order chi connectivity index (χ0) is 13.0. The van der Waals surface area contributed by atoms with E-state index in [9.17, 15) is 4.79 Å². The fourth-order valence-electron chi connectivity index (χ4n) is 1.62. The Morgan fingerprint density at radius 2 is 2.06 bits per heavy atom. The van der Waals surface area contributed by atoms with Crippen molar-refractivity contribution in [3.8, 4) is 11.5 Å². The van der Waals surface area contributed by atoms with Crippen molar-refractivity contribution in [2.24, 2.45) is 0 Å². The molecule has 0 saturated heterocycles. The van der Waals surface area contributed by atoms with Crippen LogP contribution in [0.15, 0.2) is 12.1 Å². The number of carbonyl (C=O) groups is 1. The Kier molecular flexibility index (Phi) is 4.63. The Balaban J connectivity index is 3.31. The first kappa shape index (κ1) is 13.6. The highest BCUT2D eigenvalue weighted by molar-refractivity contribution is 6.20. The summed E-state index contributed by atoms with van der Waals surface area (Å²) in [4.78, 5) is 11.0. The Hall–Kier alpha value is -1.42. The SMILES string of the molecule is COc1cc(C(=O)O)cc(CC(C)Cl)c1OC. The van der Waals surface area contributed by atoms with E-state index in [-0.39, 0.29) is 10.9 Å². The van der Waals surface area contributed by atoms with E-state index in [1.807, 2.05) is 6.92 Å². The molecule has 5 heteroatoms. The van der Waals surface area contributed by atoms with Crippen molar-refractivity contribution in [3.63, 3.8) is 0 Å². The van der Waals surface area contributed by atoms with Crippen LogP contribution in [0.25, 0.3) is 0 Å². The summed E-state index contributed by atoms with van der Waals surface area (Å²) >= 11 is 5.92. The second-order valence-electron chi connectivity index (χ2n) is 3.66. The number of hydrogen-bond acceptors (Lipinski definition) is 3. The molecule has 0 bridgehead atoms. The zero-order valence-corrected chi connectivity index (χ0v) is 10.7. The Morgan fingerprint density at radius 1 is 1.41 bits per heavy atom. The maximum absolute atomic E-state index is 11.0. The monoisotopic (exact) mass is 258 g/mol. The Bertz CT molecular complexity index is 415. The van der Waals surface area contributed by atoms with Crippen molar-refractivity contribution in [3.05, 3.63) is 23.3 Å². The number of methoxy groups -OCH3 is 2. The number of benzene rings is 1. The maximum atomic E-state index is 11.0. The van der Waals surface area contributed by atoms with Gasteiger partial charge in [-0.1, -0.05) is 0 Å². The maximum Gasteiger partial charge on any atom is 0.335 e. The molecule has 0 amide bonds. The Morgan fingerprint density at radius 3 is 2.47 bits per heavy atom. The van der Waals surface area contributed by atoms with Gasteiger partial charge in [-0.3, -0.25) is 0 Å². The predicted octanol–water partition coefficient (Wildman–Crippen LogP) is 2.57. The van der Waals surface area contributed by atoms with Crippen LogP contribution in [0.2, 0.25) is 0 Å². The number of carboxylic acid groups (broad SMARTS) is 1. The topological polar surface area (TPSA) is 55.8 Å². The molecule has 1 rings (SSSR count). The largest absolute Gasteiger partial charge is 0.493 e. The lowest BCUT2D eigenvalue weighted by Gasteiger charge is -2.14. The molecule has 94 valence electrons. The van der Waals surface area contributed by atoms with Crippen LogP contribution in [0, 0.1) is 0 Å². The number of halogens is 1. The first-order valence-electron chi connectivity index (χ1n) is 5.11. The molecule has 1 aromatic rings. The third-order valence-electron chi connectivity index (χ3n) is 2.30. The summed E-state index contributed by atoms with van der Waals surface area (Å²) in [6, 6.07) is 2.99. The van der Waals surface area contributed by atoms with Gasteiger partial charge in [-0.05, 0) is 25.5 Å². The van der Waals surface area contributed by atoms with E-state index in [1.165, 1.54) is 20.3 Å². The smallest absolute Gasteiger partial charge is 0.335 e. The number of aromatic carboxylic acids is 1. The van der Waals surface area contributed by atoms with Gasteiger partial charge in [0, 0.05) is 10.9 Å². The minimum atomic E-state index is -1.01. The average Bonchev–Trinajstić information content (AvgIpc) is 2.26. The fraction of sp³-hybridized carbons (Fsp3) is 0.417. The first-order valence-corrected chi connectivity index (χ1v) is 5.55. The van der Waals surface area contributed by atoms with Crippen molar-refractivity contribution < 1.29 is 19.4 Å². The third kappa shape index (κ3) is 3.27. The highest BCUT2D eigenvalue weighted by atomic mass is 35.5. The second kappa shape index (κ2) is 5.77. The molecule has 17 heavy (non-hydrogen) atoms. The van der Waals surface area contributed by atoms with Crippen LogP contribution >= 0.6 is 11.6 Å². The number of carboxylic acids is 1. The normalized spacial score (nSPS) is 12.0. The molecule has 0 radical (unpaired) electrons. The quantitative estimate of drug-likeness (QED) is 0.825. The van der Waals surface area contributed by atoms with Crippen LogP contribution in [0.5, 0.6) is 11.5 Å². The van der Waals surface area contributed by atoms with Crippen LogP contribution in [0.4, 0.5) is 0 Å². The summed E-state index contributed by atoms with van der Waals surface area (Å²) < 4.78 is 10.3. The molecular formula is C12H15ClO4. The van der Waals surface area contributed by atoms with Crippen LogP contribution < -0.4 is 9.47 Å². The number of rotatable bonds is 5. The molecule has 0 fully saturated rings. The Labute approximate surface area is 105 Å². The first-order chi connectivity index (χ1) is 7.99. The zero-order valence-electron chi connectivity index (χ0n) is 9.99. The van der Waals surface area contributed by atoms with Gasteiger partial charge in [0.1, 0.15) is 0 Å². The molecule has 0 saturated carbocycles. The summed E-state index contributed by atoms with van der Waals surface area (Å²) in [6.07, 6.45) is 0.516. The molecule has 0 aliphatic carbocycles.